The molecule has 0 aliphatic carbocycles. The van der Waals surface area contributed by atoms with Gasteiger partial charge in [0.05, 0.1) is 29.7 Å². The van der Waals surface area contributed by atoms with E-state index in [0.29, 0.717) is 11.3 Å². The number of ether oxygens (including phenoxy) is 2. The molecule has 0 spiro atoms. The second-order valence-corrected chi connectivity index (χ2v) is 9.77. The second-order valence-electron chi connectivity index (χ2n) is 6.38. The number of hydrogen-bond acceptors (Lipinski definition) is 6. The topological polar surface area (TPSA) is 111 Å². The van der Waals surface area contributed by atoms with E-state index in [4.69, 9.17) is 9.47 Å². The molecule has 8 nitrogen and oxygen atoms in total. The van der Waals surface area contributed by atoms with Crippen molar-refractivity contribution < 1.29 is 26.3 Å². The van der Waals surface area contributed by atoms with Gasteiger partial charge in [-0.15, -0.1) is 0 Å². The number of rotatable bonds is 8. The zero-order chi connectivity index (χ0) is 21.1. The van der Waals surface area contributed by atoms with Gasteiger partial charge in [0, 0.05) is 6.04 Å². The fourth-order valence-electron chi connectivity index (χ4n) is 2.53. The fraction of sp³-hybridized carbons (Fsp3) is 0.333. The highest BCUT2D eigenvalue weighted by atomic mass is 32.2. The molecule has 0 unspecified atom stereocenters. The van der Waals surface area contributed by atoms with Crippen molar-refractivity contribution in [3.05, 3.63) is 42.0 Å². The summed E-state index contributed by atoms with van der Waals surface area (Å²) >= 11 is 0. The minimum atomic E-state index is -3.98. The van der Waals surface area contributed by atoms with Crippen LogP contribution in [-0.2, 0) is 20.0 Å². The minimum Gasteiger partial charge on any atom is -0.496 e. The molecule has 2 aromatic carbocycles. The zero-order valence-corrected chi connectivity index (χ0v) is 17.9. The van der Waals surface area contributed by atoms with Crippen LogP contribution in [-0.4, -0.2) is 37.1 Å². The molecule has 0 fully saturated rings. The van der Waals surface area contributed by atoms with Crippen molar-refractivity contribution in [1.82, 2.24) is 4.72 Å². The van der Waals surface area contributed by atoms with E-state index >= 15 is 0 Å². The first-order valence-corrected chi connectivity index (χ1v) is 11.3. The van der Waals surface area contributed by atoms with Gasteiger partial charge >= 0.3 is 0 Å². The van der Waals surface area contributed by atoms with Crippen molar-refractivity contribution in [1.29, 1.82) is 0 Å². The van der Waals surface area contributed by atoms with Gasteiger partial charge in [0.25, 0.3) is 10.0 Å². The summed E-state index contributed by atoms with van der Waals surface area (Å²) in [6, 6.07) is 8.07. The summed E-state index contributed by atoms with van der Waals surface area (Å²) in [5.41, 5.74) is 0.664. The van der Waals surface area contributed by atoms with Crippen LogP contribution in [0.2, 0.25) is 0 Å². The molecule has 154 valence electrons. The third-order valence-corrected chi connectivity index (χ3v) is 6.81. The smallest absolute Gasteiger partial charge is 0.262 e. The normalized spacial score (nSPS) is 12.1. The molecule has 0 atom stereocenters. The Morgan fingerprint density at radius 3 is 1.86 bits per heavy atom. The van der Waals surface area contributed by atoms with Gasteiger partial charge in [-0.25, -0.2) is 21.6 Å². The lowest BCUT2D eigenvalue weighted by molar-refractivity contribution is 0.411. The van der Waals surface area contributed by atoms with Crippen LogP contribution in [0.5, 0.6) is 11.5 Å². The summed E-state index contributed by atoms with van der Waals surface area (Å²) in [5.74, 6) is 0.752. The Bertz CT molecular complexity index is 1060. The molecule has 2 aromatic rings. The van der Waals surface area contributed by atoms with Crippen LogP contribution in [0.1, 0.15) is 19.4 Å². The molecule has 0 radical (unpaired) electrons. The van der Waals surface area contributed by atoms with Crippen LogP contribution in [0.4, 0.5) is 5.69 Å². The Balaban J connectivity index is 2.46. The van der Waals surface area contributed by atoms with E-state index in [1.807, 2.05) is 0 Å². The number of methoxy groups -OCH3 is 2. The second kappa shape index (κ2) is 8.38. The number of sulfonamides is 2. The lowest BCUT2D eigenvalue weighted by Gasteiger charge is -2.15. The first kappa shape index (κ1) is 22.0. The average molecular weight is 429 g/mol. The maximum absolute atomic E-state index is 12.8. The first-order chi connectivity index (χ1) is 13.0. The quantitative estimate of drug-likeness (QED) is 0.668. The summed E-state index contributed by atoms with van der Waals surface area (Å²) in [7, 11) is -4.92. The predicted molar refractivity (Wildman–Crippen MR) is 107 cm³/mol. The maximum atomic E-state index is 12.8. The van der Waals surface area contributed by atoms with Gasteiger partial charge in [0.15, 0.2) is 0 Å². The van der Waals surface area contributed by atoms with Crippen molar-refractivity contribution in [2.24, 2.45) is 0 Å². The van der Waals surface area contributed by atoms with E-state index in [0.717, 1.165) is 0 Å². The third-order valence-electron chi connectivity index (χ3n) is 3.79. The van der Waals surface area contributed by atoms with Gasteiger partial charge in [-0.05, 0) is 62.7 Å². The average Bonchev–Trinajstić information content (AvgIpc) is 2.60. The van der Waals surface area contributed by atoms with Crippen LogP contribution in [0.25, 0.3) is 0 Å². The van der Waals surface area contributed by atoms with Crippen molar-refractivity contribution in [2.45, 2.75) is 36.6 Å². The Morgan fingerprint density at radius 2 is 1.36 bits per heavy atom. The van der Waals surface area contributed by atoms with Crippen molar-refractivity contribution >= 4 is 25.7 Å². The number of nitrogens with one attached hydrogen (secondary N) is 2. The Morgan fingerprint density at radius 1 is 0.821 bits per heavy atom. The van der Waals surface area contributed by atoms with Gasteiger partial charge in [-0.2, -0.15) is 0 Å². The van der Waals surface area contributed by atoms with E-state index in [9.17, 15) is 16.8 Å². The molecule has 0 heterocycles. The van der Waals surface area contributed by atoms with Crippen LogP contribution in [0.15, 0.2) is 46.2 Å². The zero-order valence-electron chi connectivity index (χ0n) is 16.3. The Hall–Kier alpha value is -2.30. The van der Waals surface area contributed by atoms with Crippen LogP contribution < -0.4 is 18.9 Å². The Labute approximate surface area is 166 Å². The molecule has 0 saturated carbocycles. The van der Waals surface area contributed by atoms with E-state index < -0.39 is 20.0 Å². The summed E-state index contributed by atoms with van der Waals surface area (Å²) in [6.07, 6.45) is 0. The minimum absolute atomic E-state index is 0.0152. The molecule has 2 rings (SSSR count). The van der Waals surface area contributed by atoms with Crippen molar-refractivity contribution in [3.63, 3.8) is 0 Å². The number of anilines is 1. The highest BCUT2D eigenvalue weighted by Crippen LogP contribution is 2.30. The van der Waals surface area contributed by atoms with E-state index in [1.54, 1.807) is 26.8 Å². The largest absolute Gasteiger partial charge is 0.496 e. The van der Waals surface area contributed by atoms with E-state index in [2.05, 4.69) is 9.44 Å². The molecular formula is C18H24N2O6S2. The van der Waals surface area contributed by atoms with E-state index in [-0.39, 0.29) is 27.3 Å². The molecule has 2 N–H and O–H groups in total. The number of aryl methyl sites for hydroxylation is 1. The molecule has 0 aromatic heterocycles. The summed E-state index contributed by atoms with van der Waals surface area (Å²) in [5, 5.41) is 0. The molecule has 28 heavy (non-hydrogen) atoms. The van der Waals surface area contributed by atoms with Gasteiger partial charge in [0.2, 0.25) is 10.0 Å². The SMILES string of the molecule is COc1ccc(S(=O)(=O)Nc2cc(S(=O)(=O)NC(C)C)ccc2OC)cc1C. The summed E-state index contributed by atoms with van der Waals surface area (Å²) < 4.78 is 65.6. The standard InChI is InChI=1S/C18H24N2O6S2/c1-12(2)19-27(21,22)15-7-9-18(26-5)16(11-15)20-28(23,24)14-6-8-17(25-4)13(3)10-14/h6-12,19-20H,1-5H3. The highest BCUT2D eigenvalue weighted by molar-refractivity contribution is 7.92. The van der Waals surface area contributed by atoms with Crippen LogP contribution in [0.3, 0.4) is 0 Å². The maximum Gasteiger partial charge on any atom is 0.262 e. The van der Waals surface area contributed by atoms with Gasteiger partial charge in [0.1, 0.15) is 11.5 Å². The molecule has 0 aliphatic heterocycles. The fourth-order valence-corrected chi connectivity index (χ4v) is 4.96. The molecule has 0 aliphatic rings. The molecular weight excluding hydrogens is 404 g/mol. The lowest BCUT2D eigenvalue weighted by atomic mass is 10.2. The van der Waals surface area contributed by atoms with Crippen molar-refractivity contribution in [3.8, 4) is 11.5 Å². The van der Waals surface area contributed by atoms with Crippen LogP contribution >= 0.6 is 0 Å². The number of benzene rings is 2. The predicted octanol–water partition coefficient (Wildman–Crippen LogP) is 2.50. The molecule has 0 amide bonds. The first-order valence-electron chi connectivity index (χ1n) is 8.38. The van der Waals surface area contributed by atoms with Crippen molar-refractivity contribution in [2.75, 3.05) is 18.9 Å². The summed E-state index contributed by atoms with van der Waals surface area (Å²) in [6.45, 7) is 5.11. The number of hydrogen-bond donors (Lipinski definition) is 2. The van der Waals surface area contributed by atoms with E-state index in [1.165, 1.54) is 44.6 Å². The lowest BCUT2D eigenvalue weighted by Crippen LogP contribution is -2.30. The van der Waals surface area contributed by atoms with Crippen LogP contribution in [0, 0.1) is 6.92 Å². The highest BCUT2D eigenvalue weighted by Gasteiger charge is 2.21. The van der Waals surface area contributed by atoms with Gasteiger partial charge < -0.3 is 9.47 Å². The molecule has 0 bridgehead atoms. The monoisotopic (exact) mass is 428 g/mol. The van der Waals surface area contributed by atoms with Gasteiger partial charge in [-0.3, -0.25) is 4.72 Å². The third kappa shape index (κ3) is 4.94. The van der Waals surface area contributed by atoms with Gasteiger partial charge in [-0.1, -0.05) is 0 Å². The summed E-state index contributed by atoms with van der Waals surface area (Å²) in [4.78, 5) is -0.0629. The molecule has 10 heteroatoms. The Kier molecular flexibility index (Phi) is 6.58. The molecule has 0 saturated heterocycles.